The second kappa shape index (κ2) is 7.36. The van der Waals surface area contributed by atoms with Gasteiger partial charge in [0.2, 0.25) is 11.8 Å². The molecule has 5 heteroatoms. The summed E-state index contributed by atoms with van der Waals surface area (Å²) < 4.78 is 5.45. The second-order valence-corrected chi connectivity index (χ2v) is 4.94. The number of piperidine rings is 1. The number of nitrogens with zero attached hydrogens (tertiary/aromatic N) is 1. The number of ether oxygens (including phenoxy) is 1. The number of hydrogen-bond donors (Lipinski definition) is 1. The molecule has 0 saturated carbocycles. The molecule has 1 saturated heterocycles. The third-order valence-electron chi connectivity index (χ3n) is 3.45. The number of carbonyl (C=O) groups is 2. The van der Waals surface area contributed by atoms with Gasteiger partial charge >= 0.3 is 0 Å². The summed E-state index contributed by atoms with van der Waals surface area (Å²) in [6.07, 6.45) is 4.14. The van der Waals surface area contributed by atoms with Gasteiger partial charge in [-0.25, -0.2) is 0 Å². The minimum Gasteiger partial charge on any atom is -0.370 e. The van der Waals surface area contributed by atoms with Crippen molar-refractivity contribution in [3.63, 3.8) is 0 Å². The molecule has 0 spiro atoms. The molecule has 1 rings (SSSR count). The van der Waals surface area contributed by atoms with E-state index in [1.165, 1.54) is 0 Å². The van der Waals surface area contributed by atoms with Crippen molar-refractivity contribution in [3.05, 3.63) is 0 Å². The van der Waals surface area contributed by atoms with E-state index in [0.717, 1.165) is 25.7 Å². The van der Waals surface area contributed by atoms with E-state index in [4.69, 9.17) is 10.5 Å². The van der Waals surface area contributed by atoms with Crippen molar-refractivity contribution in [2.45, 2.75) is 58.1 Å². The maximum Gasteiger partial charge on any atom is 0.248 e. The van der Waals surface area contributed by atoms with Gasteiger partial charge in [-0.1, -0.05) is 6.92 Å². The molecule has 5 nitrogen and oxygen atoms in total. The number of amides is 2. The van der Waals surface area contributed by atoms with Crippen LogP contribution in [0.4, 0.5) is 0 Å². The molecule has 1 aliphatic heterocycles. The Morgan fingerprint density at radius 3 is 2.78 bits per heavy atom. The van der Waals surface area contributed by atoms with Gasteiger partial charge in [0.1, 0.15) is 6.61 Å². The summed E-state index contributed by atoms with van der Waals surface area (Å²) in [6.45, 7) is 4.78. The molecule has 0 radical (unpaired) electrons. The average Bonchev–Trinajstić information content (AvgIpc) is 2.35. The molecule has 18 heavy (non-hydrogen) atoms. The van der Waals surface area contributed by atoms with Crippen LogP contribution in [0.1, 0.15) is 46.0 Å². The standard InChI is InChI=1S/C13H24N2O3/c1-3-10(2)18-9-13(17)15-7-5-4-6-11(15)8-12(14)16/h10-11H,3-9H2,1-2H3,(H2,14,16)/t10-,11-/m0/s1. The van der Waals surface area contributed by atoms with E-state index in [0.29, 0.717) is 6.54 Å². The Bertz CT molecular complexity index is 294. The molecule has 1 fully saturated rings. The lowest BCUT2D eigenvalue weighted by Crippen LogP contribution is -2.47. The van der Waals surface area contributed by atoms with Gasteiger partial charge in [-0.05, 0) is 32.6 Å². The molecule has 1 aliphatic rings. The number of primary amides is 1. The van der Waals surface area contributed by atoms with Crippen LogP contribution in [-0.4, -0.2) is 42.0 Å². The number of hydrogen-bond acceptors (Lipinski definition) is 3. The molecule has 0 unspecified atom stereocenters. The average molecular weight is 256 g/mol. The van der Waals surface area contributed by atoms with Gasteiger partial charge in [-0.15, -0.1) is 0 Å². The molecular formula is C13H24N2O3. The van der Waals surface area contributed by atoms with E-state index in [9.17, 15) is 9.59 Å². The van der Waals surface area contributed by atoms with E-state index < -0.39 is 0 Å². The fourth-order valence-electron chi connectivity index (χ4n) is 2.19. The van der Waals surface area contributed by atoms with Crippen molar-refractivity contribution in [3.8, 4) is 0 Å². The van der Waals surface area contributed by atoms with E-state index in [2.05, 4.69) is 0 Å². The molecule has 0 aromatic carbocycles. The van der Waals surface area contributed by atoms with Crippen LogP contribution in [0.5, 0.6) is 0 Å². The highest BCUT2D eigenvalue weighted by Crippen LogP contribution is 2.19. The third-order valence-corrected chi connectivity index (χ3v) is 3.45. The van der Waals surface area contributed by atoms with Gasteiger partial charge in [0, 0.05) is 19.0 Å². The quantitative estimate of drug-likeness (QED) is 0.772. The van der Waals surface area contributed by atoms with Crippen LogP contribution in [0.2, 0.25) is 0 Å². The van der Waals surface area contributed by atoms with Gasteiger partial charge < -0.3 is 15.4 Å². The predicted molar refractivity (Wildman–Crippen MR) is 68.9 cm³/mol. The summed E-state index contributed by atoms with van der Waals surface area (Å²) in [4.78, 5) is 24.8. The third kappa shape index (κ3) is 4.64. The van der Waals surface area contributed by atoms with Crippen LogP contribution in [-0.2, 0) is 14.3 Å². The van der Waals surface area contributed by atoms with E-state index in [1.54, 1.807) is 4.90 Å². The highest BCUT2D eigenvalue weighted by atomic mass is 16.5. The Balaban J connectivity index is 2.49. The summed E-state index contributed by atoms with van der Waals surface area (Å²) in [7, 11) is 0. The Labute approximate surface area is 109 Å². The lowest BCUT2D eigenvalue weighted by molar-refractivity contribution is -0.142. The van der Waals surface area contributed by atoms with Crippen molar-refractivity contribution in [2.24, 2.45) is 5.73 Å². The van der Waals surface area contributed by atoms with Crippen LogP contribution in [0.3, 0.4) is 0 Å². The molecule has 0 aromatic heterocycles. The normalized spacial score (nSPS) is 21.7. The summed E-state index contributed by atoms with van der Waals surface area (Å²) >= 11 is 0. The molecule has 0 aliphatic carbocycles. The molecule has 0 bridgehead atoms. The van der Waals surface area contributed by atoms with Crippen molar-refractivity contribution < 1.29 is 14.3 Å². The largest absolute Gasteiger partial charge is 0.370 e. The first kappa shape index (κ1) is 15.0. The Kier molecular flexibility index (Phi) is 6.12. The number of likely N-dealkylation sites (tertiary alicyclic amines) is 1. The number of rotatable bonds is 6. The van der Waals surface area contributed by atoms with Gasteiger partial charge in [-0.3, -0.25) is 9.59 Å². The molecule has 1 heterocycles. The topological polar surface area (TPSA) is 72.6 Å². The van der Waals surface area contributed by atoms with Gasteiger partial charge in [0.05, 0.1) is 6.10 Å². The fourth-order valence-corrected chi connectivity index (χ4v) is 2.19. The molecule has 104 valence electrons. The zero-order chi connectivity index (χ0) is 13.5. The maximum absolute atomic E-state index is 12.1. The van der Waals surface area contributed by atoms with Gasteiger partial charge in [-0.2, -0.15) is 0 Å². The van der Waals surface area contributed by atoms with Crippen LogP contribution < -0.4 is 5.73 Å². The number of nitrogens with two attached hydrogens (primary N) is 1. The summed E-state index contributed by atoms with van der Waals surface area (Å²) in [5, 5.41) is 0. The predicted octanol–water partition coefficient (Wildman–Crippen LogP) is 1.06. The van der Waals surface area contributed by atoms with E-state index in [1.807, 2.05) is 13.8 Å². The lowest BCUT2D eigenvalue weighted by Gasteiger charge is -2.35. The minimum atomic E-state index is -0.345. The van der Waals surface area contributed by atoms with Crippen LogP contribution in [0, 0.1) is 0 Å². The molecule has 0 aromatic rings. The maximum atomic E-state index is 12.1. The van der Waals surface area contributed by atoms with Gasteiger partial charge in [0.15, 0.2) is 0 Å². The smallest absolute Gasteiger partial charge is 0.248 e. The monoisotopic (exact) mass is 256 g/mol. The SMILES string of the molecule is CC[C@H](C)OCC(=O)N1CCCC[C@H]1CC(N)=O. The summed E-state index contributed by atoms with van der Waals surface area (Å²) in [5.41, 5.74) is 5.22. The van der Waals surface area contributed by atoms with E-state index >= 15 is 0 Å². The fraction of sp³-hybridized carbons (Fsp3) is 0.846. The molecule has 2 atom stereocenters. The Hall–Kier alpha value is -1.10. The zero-order valence-electron chi connectivity index (χ0n) is 11.4. The molecule has 2 amide bonds. The van der Waals surface area contributed by atoms with Crippen LogP contribution in [0.25, 0.3) is 0 Å². The van der Waals surface area contributed by atoms with E-state index in [-0.39, 0.29) is 37.0 Å². The van der Waals surface area contributed by atoms with Crippen molar-refractivity contribution >= 4 is 11.8 Å². The van der Waals surface area contributed by atoms with Crippen molar-refractivity contribution in [2.75, 3.05) is 13.2 Å². The molecule has 2 N–H and O–H groups in total. The zero-order valence-corrected chi connectivity index (χ0v) is 11.4. The number of carbonyl (C=O) groups excluding carboxylic acids is 2. The summed E-state index contributed by atoms with van der Waals surface area (Å²) in [6, 6.07) is -0.0377. The van der Waals surface area contributed by atoms with Crippen molar-refractivity contribution in [1.29, 1.82) is 0 Å². The highest BCUT2D eigenvalue weighted by Gasteiger charge is 2.27. The second-order valence-electron chi connectivity index (χ2n) is 4.94. The molecular weight excluding hydrogens is 232 g/mol. The Morgan fingerprint density at radius 2 is 2.17 bits per heavy atom. The lowest BCUT2D eigenvalue weighted by atomic mass is 9.99. The van der Waals surface area contributed by atoms with Crippen LogP contribution in [0.15, 0.2) is 0 Å². The van der Waals surface area contributed by atoms with Crippen molar-refractivity contribution in [1.82, 2.24) is 4.90 Å². The summed E-state index contributed by atoms with van der Waals surface area (Å²) in [5.74, 6) is -0.371. The van der Waals surface area contributed by atoms with Crippen LogP contribution >= 0.6 is 0 Å². The minimum absolute atomic E-state index is 0.0266. The highest BCUT2D eigenvalue weighted by molar-refractivity contribution is 5.80. The first-order chi connectivity index (χ1) is 8.54. The first-order valence-electron chi connectivity index (χ1n) is 6.74. The first-order valence-corrected chi connectivity index (χ1v) is 6.74. The van der Waals surface area contributed by atoms with Gasteiger partial charge in [0.25, 0.3) is 0 Å². The Morgan fingerprint density at radius 1 is 1.44 bits per heavy atom.